The molecule has 2 unspecified atom stereocenters. The Hall–Kier alpha value is -4.42. The molecule has 36 heavy (non-hydrogen) atoms. The van der Waals surface area contributed by atoms with Crippen LogP contribution in [0.5, 0.6) is 0 Å². The van der Waals surface area contributed by atoms with Gasteiger partial charge in [-0.05, 0) is 66.1 Å². The molecule has 3 aliphatic carbocycles. The molecule has 2 atom stereocenters. The molecule has 0 radical (unpaired) electrons. The van der Waals surface area contributed by atoms with Crippen LogP contribution in [-0.4, -0.2) is 0 Å². The summed E-state index contributed by atoms with van der Waals surface area (Å²) in [5, 5.41) is 5.29. The lowest BCUT2D eigenvalue weighted by Gasteiger charge is -2.39. The summed E-state index contributed by atoms with van der Waals surface area (Å²) in [4.78, 5) is 0. The van der Waals surface area contributed by atoms with E-state index in [1.165, 1.54) is 66.1 Å². The van der Waals surface area contributed by atoms with Gasteiger partial charge in [0.2, 0.25) is 0 Å². The van der Waals surface area contributed by atoms with Crippen molar-refractivity contribution in [2.24, 2.45) is 5.92 Å². The molecule has 0 heterocycles. The van der Waals surface area contributed by atoms with Gasteiger partial charge in [0.1, 0.15) is 0 Å². The van der Waals surface area contributed by atoms with Crippen LogP contribution in [0, 0.1) is 5.92 Å². The minimum atomic E-state index is 0.318. The Labute approximate surface area is 211 Å². The third-order valence-corrected chi connectivity index (χ3v) is 8.22. The number of rotatable bonds is 2. The van der Waals surface area contributed by atoms with Crippen molar-refractivity contribution in [2.75, 3.05) is 0 Å². The summed E-state index contributed by atoms with van der Waals surface area (Å²) in [7, 11) is 0. The standard InChI is InChI=1S/C36H24/c1-2-10-23(11-3-1)34-27-15-4-6-17-29(27)36(30-18-7-5-16-28(30)34)32-22-26-14-8-12-24-20-21-25-13-9-19-31(32)35(25)33(24)26/h1-22,31,35H. The van der Waals surface area contributed by atoms with E-state index < -0.39 is 0 Å². The van der Waals surface area contributed by atoms with Crippen molar-refractivity contribution >= 4 is 39.3 Å². The highest BCUT2D eigenvalue weighted by molar-refractivity contribution is 6.20. The summed E-state index contributed by atoms with van der Waals surface area (Å²) >= 11 is 0. The van der Waals surface area contributed by atoms with Gasteiger partial charge in [0, 0.05) is 11.8 Å². The van der Waals surface area contributed by atoms with Crippen molar-refractivity contribution in [3.8, 4) is 11.1 Å². The Balaban J connectivity index is 1.51. The first-order chi connectivity index (χ1) is 17.9. The lowest BCUT2D eigenvalue weighted by molar-refractivity contribution is 0.681. The highest BCUT2D eigenvalue weighted by Crippen LogP contribution is 2.54. The summed E-state index contributed by atoms with van der Waals surface area (Å²) in [6.07, 6.45) is 14.1. The van der Waals surface area contributed by atoms with Crippen LogP contribution in [0.15, 0.2) is 127 Å². The van der Waals surface area contributed by atoms with E-state index in [1.54, 1.807) is 0 Å². The van der Waals surface area contributed by atoms with Crippen molar-refractivity contribution in [2.45, 2.75) is 5.92 Å². The van der Waals surface area contributed by atoms with E-state index in [1.807, 2.05) is 0 Å². The normalized spacial score (nSPS) is 19.2. The molecule has 8 rings (SSSR count). The Kier molecular flexibility index (Phi) is 4.15. The highest BCUT2D eigenvalue weighted by atomic mass is 14.4. The Morgan fingerprint density at radius 1 is 0.528 bits per heavy atom. The van der Waals surface area contributed by atoms with Crippen molar-refractivity contribution in [3.63, 3.8) is 0 Å². The van der Waals surface area contributed by atoms with Gasteiger partial charge in [-0.25, -0.2) is 0 Å². The molecule has 3 aliphatic rings. The van der Waals surface area contributed by atoms with Crippen LogP contribution in [-0.2, 0) is 0 Å². The van der Waals surface area contributed by atoms with Crippen LogP contribution < -0.4 is 0 Å². The van der Waals surface area contributed by atoms with Gasteiger partial charge in [-0.1, -0.05) is 134 Å². The largest absolute Gasteiger partial charge is 0.0760 e. The van der Waals surface area contributed by atoms with Gasteiger partial charge >= 0.3 is 0 Å². The first-order valence-corrected chi connectivity index (χ1v) is 12.8. The van der Waals surface area contributed by atoms with Gasteiger partial charge < -0.3 is 0 Å². The van der Waals surface area contributed by atoms with Crippen LogP contribution in [0.2, 0.25) is 0 Å². The first-order valence-electron chi connectivity index (χ1n) is 12.8. The molecule has 5 aromatic carbocycles. The van der Waals surface area contributed by atoms with Gasteiger partial charge in [-0.3, -0.25) is 0 Å². The smallest absolute Gasteiger partial charge is 0.0205 e. The molecular weight excluding hydrogens is 432 g/mol. The molecule has 0 spiro atoms. The third kappa shape index (κ3) is 2.70. The Morgan fingerprint density at radius 3 is 1.89 bits per heavy atom. The molecule has 0 bridgehead atoms. The molecule has 168 valence electrons. The molecule has 0 aliphatic heterocycles. The number of benzene rings is 5. The SMILES string of the molecule is C1=CC2C(c3c4ccccc4c(-c4ccccc4)c4ccccc34)=Cc3cccc4c3C2C(=C1)C=C4. The maximum absolute atomic E-state index is 2.48. The average Bonchev–Trinajstić information content (AvgIpc) is 2.95. The van der Waals surface area contributed by atoms with E-state index in [0.717, 1.165) is 0 Å². The maximum atomic E-state index is 2.48. The van der Waals surface area contributed by atoms with E-state index in [0.29, 0.717) is 11.8 Å². The fraction of sp³-hybridized carbons (Fsp3) is 0.0556. The Morgan fingerprint density at radius 2 is 1.17 bits per heavy atom. The minimum absolute atomic E-state index is 0.318. The summed E-state index contributed by atoms with van der Waals surface area (Å²) in [5.74, 6) is 0.690. The van der Waals surface area contributed by atoms with Crippen molar-refractivity contribution < 1.29 is 0 Å². The zero-order valence-corrected chi connectivity index (χ0v) is 19.9. The molecule has 0 fully saturated rings. The van der Waals surface area contributed by atoms with E-state index in [-0.39, 0.29) is 0 Å². The number of allylic oxidation sites excluding steroid dienone is 6. The van der Waals surface area contributed by atoms with Crippen molar-refractivity contribution in [1.82, 2.24) is 0 Å². The summed E-state index contributed by atoms with van der Waals surface area (Å²) in [5.41, 5.74) is 11.0. The predicted octanol–water partition coefficient (Wildman–Crippen LogP) is 9.44. The fourth-order valence-corrected chi connectivity index (χ4v) is 6.77. The molecule has 0 N–H and O–H groups in total. The topological polar surface area (TPSA) is 0 Å². The molecule has 0 saturated carbocycles. The number of hydrogen-bond donors (Lipinski definition) is 0. The molecule has 0 saturated heterocycles. The van der Waals surface area contributed by atoms with Gasteiger partial charge in [-0.2, -0.15) is 0 Å². The Bertz CT molecular complexity index is 1770. The van der Waals surface area contributed by atoms with E-state index in [2.05, 4.69) is 134 Å². The van der Waals surface area contributed by atoms with Gasteiger partial charge in [-0.15, -0.1) is 0 Å². The zero-order chi connectivity index (χ0) is 23.6. The van der Waals surface area contributed by atoms with E-state index in [4.69, 9.17) is 0 Å². The second-order valence-corrected chi connectivity index (χ2v) is 10.0. The van der Waals surface area contributed by atoms with E-state index >= 15 is 0 Å². The second kappa shape index (κ2) is 7.54. The highest BCUT2D eigenvalue weighted by Gasteiger charge is 2.37. The molecular formula is C36H24. The number of fused-ring (bicyclic) bond motifs is 2. The van der Waals surface area contributed by atoms with Crippen LogP contribution in [0.3, 0.4) is 0 Å². The van der Waals surface area contributed by atoms with Crippen molar-refractivity contribution in [1.29, 1.82) is 0 Å². The predicted molar refractivity (Wildman–Crippen MR) is 154 cm³/mol. The average molecular weight is 457 g/mol. The zero-order valence-electron chi connectivity index (χ0n) is 19.9. The van der Waals surface area contributed by atoms with Gasteiger partial charge in [0.15, 0.2) is 0 Å². The summed E-state index contributed by atoms with van der Waals surface area (Å²) in [6.45, 7) is 0. The maximum Gasteiger partial charge on any atom is 0.0205 e. The molecule has 5 aromatic rings. The monoisotopic (exact) mass is 456 g/mol. The molecule has 0 heteroatoms. The molecule has 0 amide bonds. The summed E-state index contributed by atoms with van der Waals surface area (Å²) < 4.78 is 0. The molecule has 0 nitrogen and oxygen atoms in total. The fourth-order valence-electron chi connectivity index (χ4n) is 6.77. The van der Waals surface area contributed by atoms with Crippen LogP contribution in [0.25, 0.3) is 50.4 Å². The lowest BCUT2D eigenvalue weighted by Crippen LogP contribution is -2.23. The third-order valence-electron chi connectivity index (χ3n) is 8.22. The van der Waals surface area contributed by atoms with Crippen LogP contribution in [0.4, 0.5) is 0 Å². The van der Waals surface area contributed by atoms with Crippen LogP contribution in [0.1, 0.15) is 28.2 Å². The minimum Gasteiger partial charge on any atom is -0.0760 e. The number of hydrogen-bond acceptors (Lipinski definition) is 0. The summed E-state index contributed by atoms with van der Waals surface area (Å²) in [6, 6.07) is 35.6. The lowest BCUT2D eigenvalue weighted by atomic mass is 9.64. The first kappa shape index (κ1) is 19.8. The quantitative estimate of drug-likeness (QED) is 0.232. The van der Waals surface area contributed by atoms with Gasteiger partial charge in [0.25, 0.3) is 0 Å². The second-order valence-electron chi connectivity index (χ2n) is 10.0. The van der Waals surface area contributed by atoms with Crippen molar-refractivity contribution in [3.05, 3.63) is 149 Å². The van der Waals surface area contributed by atoms with E-state index in [9.17, 15) is 0 Å². The van der Waals surface area contributed by atoms with Crippen LogP contribution >= 0.6 is 0 Å². The molecule has 0 aromatic heterocycles. The van der Waals surface area contributed by atoms with Gasteiger partial charge in [0.05, 0.1) is 0 Å².